The van der Waals surface area contributed by atoms with Crippen molar-refractivity contribution < 1.29 is 10.0 Å². The molecule has 1 aromatic heterocycles. The van der Waals surface area contributed by atoms with E-state index in [4.69, 9.17) is 5.73 Å². The van der Waals surface area contributed by atoms with E-state index in [2.05, 4.69) is 5.10 Å². The molecule has 3 N–H and O–H groups in total. The molecule has 7 nitrogen and oxygen atoms in total. The maximum atomic E-state index is 11.2. The first-order chi connectivity index (χ1) is 9.20. The Bertz CT molecular complexity index is 518. The summed E-state index contributed by atoms with van der Waals surface area (Å²) in [6, 6.07) is -0.248. The van der Waals surface area contributed by atoms with Crippen LogP contribution in [-0.4, -0.2) is 25.9 Å². The van der Waals surface area contributed by atoms with Gasteiger partial charge in [-0.15, -0.1) is 0 Å². The highest BCUT2D eigenvalue weighted by Gasteiger charge is 2.35. The molecule has 2 unspecified atom stereocenters. The van der Waals surface area contributed by atoms with Crippen LogP contribution in [0.15, 0.2) is 0 Å². The van der Waals surface area contributed by atoms with Crippen LogP contribution < -0.4 is 5.73 Å². The molecule has 1 saturated carbocycles. The van der Waals surface area contributed by atoms with E-state index in [1.54, 1.807) is 0 Å². The van der Waals surface area contributed by atoms with Crippen molar-refractivity contribution in [2.24, 2.45) is 5.41 Å². The first kappa shape index (κ1) is 14.8. The van der Waals surface area contributed by atoms with E-state index in [0.29, 0.717) is 18.5 Å². The Labute approximate surface area is 117 Å². The van der Waals surface area contributed by atoms with Crippen LogP contribution in [0.2, 0.25) is 0 Å². The molecule has 112 valence electrons. The number of anilines is 1. The number of nitro groups is 1. The maximum absolute atomic E-state index is 11.2. The topological polar surface area (TPSA) is 107 Å². The lowest BCUT2D eigenvalue weighted by Gasteiger charge is -2.17. The predicted octanol–water partition coefficient (Wildman–Crippen LogP) is 2.05. The van der Waals surface area contributed by atoms with Crippen LogP contribution in [0.5, 0.6) is 0 Å². The SMILES string of the molecule is CC(C)(C)Cc1nn(C2CCCC2O)c(N)c1[N+](=O)[O-]. The molecule has 1 aromatic rings. The van der Waals surface area contributed by atoms with E-state index >= 15 is 0 Å². The normalized spacial score (nSPS) is 23.2. The zero-order valence-corrected chi connectivity index (χ0v) is 12.2. The standard InChI is InChI=1S/C13H22N4O3/c1-13(2,3)7-8-11(17(19)20)12(14)16(15-8)9-5-4-6-10(9)18/h9-10,18H,4-7,14H2,1-3H3. The molecule has 1 aliphatic carbocycles. The van der Waals surface area contributed by atoms with Gasteiger partial charge in [0.1, 0.15) is 5.69 Å². The third-order valence-electron chi connectivity index (χ3n) is 3.63. The van der Waals surface area contributed by atoms with Crippen LogP contribution in [0.1, 0.15) is 51.8 Å². The first-order valence-corrected chi connectivity index (χ1v) is 6.90. The third kappa shape index (κ3) is 2.77. The average molecular weight is 282 g/mol. The molecule has 0 bridgehead atoms. The van der Waals surface area contributed by atoms with Gasteiger partial charge in [-0.2, -0.15) is 5.10 Å². The second-order valence-electron chi connectivity index (χ2n) is 6.69. The fourth-order valence-electron chi connectivity index (χ4n) is 2.77. The van der Waals surface area contributed by atoms with E-state index < -0.39 is 11.0 Å². The quantitative estimate of drug-likeness (QED) is 0.651. The van der Waals surface area contributed by atoms with Gasteiger partial charge in [-0.3, -0.25) is 10.1 Å². The Morgan fingerprint density at radius 1 is 1.50 bits per heavy atom. The number of nitrogens with two attached hydrogens (primary N) is 1. The Morgan fingerprint density at radius 3 is 2.60 bits per heavy atom. The highest BCUT2D eigenvalue weighted by Crippen LogP contribution is 2.37. The minimum absolute atomic E-state index is 0.0557. The predicted molar refractivity (Wildman–Crippen MR) is 75.3 cm³/mol. The summed E-state index contributed by atoms with van der Waals surface area (Å²) in [4.78, 5) is 10.8. The molecule has 2 atom stereocenters. The molecule has 7 heteroatoms. The van der Waals surface area contributed by atoms with E-state index in [0.717, 1.165) is 12.8 Å². The zero-order chi connectivity index (χ0) is 15.1. The van der Waals surface area contributed by atoms with Gasteiger partial charge in [-0.1, -0.05) is 20.8 Å². The van der Waals surface area contributed by atoms with Crippen molar-refractivity contribution in [3.63, 3.8) is 0 Å². The van der Waals surface area contributed by atoms with Gasteiger partial charge in [0.15, 0.2) is 0 Å². The number of hydrogen-bond acceptors (Lipinski definition) is 5. The van der Waals surface area contributed by atoms with Crippen molar-refractivity contribution in [2.45, 2.75) is 58.6 Å². The van der Waals surface area contributed by atoms with Gasteiger partial charge >= 0.3 is 5.69 Å². The lowest BCUT2D eigenvalue weighted by Crippen LogP contribution is -2.21. The highest BCUT2D eigenvalue weighted by atomic mass is 16.6. The largest absolute Gasteiger partial charge is 0.391 e. The van der Waals surface area contributed by atoms with E-state index in [9.17, 15) is 15.2 Å². The minimum atomic E-state index is -0.528. The van der Waals surface area contributed by atoms with Crippen LogP contribution in [0.25, 0.3) is 0 Å². The molecule has 0 saturated heterocycles. The summed E-state index contributed by atoms with van der Waals surface area (Å²) in [7, 11) is 0. The Morgan fingerprint density at radius 2 is 2.15 bits per heavy atom. The Hall–Kier alpha value is -1.63. The Balaban J connectivity index is 2.44. The fraction of sp³-hybridized carbons (Fsp3) is 0.769. The van der Waals surface area contributed by atoms with Crippen molar-refractivity contribution in [2.75, 3.05) is 5.73 Å². The molecule has 1 fully saturated rings. The molecule has 1 heterocycles. The van der Waals surface area contributed by atoms with Crippen LogP contribution >= 0.6 is 0 Å². The van der Waals surface area contributed by atoms with Crippen molar-refractivity contribution in [3.05, 3.63) is 15.8 Å². The number of nitrogens with zero attached hydrogens (tertiary/aromatic N) is 3. The van der Waals surface area contributed by atoms with E-state index in [1.165, 1.54) is 4.68 Å². The number of aliphatic hydroxyl groups is 1. The van der Waals surface area contributed by atoms with Crippen LogP contribution in [0.4, 0.5) is 11.5 Å². The van der Waals surface area contributed by atoms with Gasteiger partial charge < -0.3 is 10.8 Å². The number of rotatable bonds is 3. The van der Waals surface area contributed by atoms with Crippen LogP contribution in [0.3, 0.4) is 0 Å². The number of nitrogen functional groups attached to an aromatic ring is 1. The van der Waals surface area contributed by atoms with Crippen LogP contribution in [0, 0.1) is 15.5 Å². The molecule has 0 radical (unpaired) electrons. The zero-order valence-electron chi connectivity index (χ0n) is 12.2. The molecule has 0 aliphatic heterocycles. The lowest BCUT2D eigenvalue weighted by molar-refractivity contribution is -0.384. The minimum Gasteiger partial charge on any atom is -0.391 e. The summed E-state index contributed by atoms with van der Waals surface area (Å²) in [6.45, 7) is 5.99. The van der Waals surface area contributed by atoms with Crippen molar-refractivity contribution in [1.29, 1.82) is 0 Å². The van der Waals surface area contributed by atoms with Gasteiger partial charge in [-0.05, 0) is 24.7 Å². The molecule has 0 amide bonds. The van der Waals surface area contributed by atoms with Gasteiger partial charge in [0, 0.05) is 6.42 Å². The van der Waals surface area contributed by atoms with Crippen molar-refractivity contribution in [1.82, 2.24) is 9.78 Å². The van der Waals surface area contributed by atoms with E-state index in [-0.39, 0.29) is 23.0 Å². The fourth-order valence-corrected chi connectivity index (χ4v) is 2.77. The number of aliphatic hydroxyl groups excluding tert-OH is 1. The average Bonchev–Trinajstić information content (AvgIpc) is 2.80. The summed E-state index contributed by atoms with van der Waals surface area (Å²) < 4.78 is 1.46. The third-order valence-corrected chi connectivity index (χ3v) is 3.63. The smallest absolute Gasteiger partial charge is 0.333 e. The number of hydrogen-bond donors (Lipinski definition) is 2. The molecule has 0 spiro atoms. The number of aromatic nitrogens is 2. The summed E-state index contributed by atoms with van der Waals surface area (Å²) in [6.07, 6.45) is 2.27. The second kappa shape index (κ2) is 5.05. The summed E-state index contributed by atoms with van der Waals surface area (Å²) >= 11 is 0. The summed E-state index contributed by atoms with van der Waals surface area (Å²) in [5, 5.41) is 25.5. The molecule has 20 heavy (non-hydrogen) atoms. The van der Waals surface area contributed by atoms with Crippen molar-refractivity contribution in [3.8, 4) is 0 Å². The highest BCUT2D eigenvalue weighted by molar-refractivity contribution is 5.57. The summed E-state index contributed by atoms with van der Waals surface area (Å²) in [5.74, 6) is 0.0557. The second-order valence-corrected chi connectivity index (χ2v) is 6.69. The van der Waals surface area contributed by atoms with E-state index in [1.807, 2.05) is 20.8 Å². The Kier molecular flexibility index (Phi) is 3.73. The van der Waals surface area contributed by atoms with Gasteiger partial charge in [-0.25, -0.2) is 4.68 Å². The lowest BCUT2D eigenvalue weighted by atomic mass is 9.90. The maximum Gasteiger partial charge on any atom is 0.333 e. The van der Waals surface area contributed by atoms with Crippen LogP contribution in [-0.2, 0) is 6.42 Å². The molecular formula is C13H22N4O3. The van der Waals surface area contributed by atoms with Gasteiger partial charge in [0.2, 0.25) is 5.82 Å². The summed E-state index contributed by atoms with van der Waals surface area (Å²) in [5.41, 5.74) is 6.08. The molecule has 1 aliphatic rings. The molecule has 2 rings (SSSR count). The molecule has 0 aromatic carbocycles. The monoisotopic (exact) mass is 282 g/mol. The molecular weight excluding hydrogens is 260 g/mol. The van der Waals surface area contributed by atoms with Gasteiger partial charge in [0.05, 0.1) is 17.1 Å². The van der Waals surface area contributed by atoms with Gasteiger partial charge in [0.25, 0.3) is 0 Å². The van der Waals surface area contributed by atoms with Crippen molar-refractivity contribution >= 4 is 11.5 Å². The first-order valence-electron chi connectivity index (χ1n) is 6.90.